The Morgan fingerprint density at radius 1 is 1.17 bits per heavy atom. The molecule has 3 N–H and O–H groups in total. The third kappa shape index (κ3) is 4.62. The molecule has 1 saturated heterocycles. The fourth-order valence-electron chi connectivity index (χ4n) is 3.31. The molecule has 5 heteroatoms. The van der Waals surface area contributed by atoms with E-state index >= 15 is 0 Å². The average molecular weight is 336 g/mol. The molecule has 0 aromatic heterocycles. The highest BCUT2D eigenvalue weighted by atomic mass is 16.5. The van der Waals surface area contributed by atoms with E-state index in [1.54, 1.807) is 12.1 Å². The minimum atomic E-state index is -0.380. The Labute approximate surface area is 145 Å². The molecular weight excluding hydrogens is 304 g/mol. The van der Waals surface area contributed by atoms with Crippen LogP contribution in [0.2, 0.25) is 0 Å². The number of phenolic OH excluding ortho intramolecular Hbond substituents is 1. The number of nitrogens with one attached hydrogen (secondary N) is 1. The molecule has 0 unspecified atom stereocenters. The van der Waals surface area contributed by atoms with Crippen LogP contribution in [0.3, 0.4) is 0 Å². The second kappa shape index (κ2) is 7.30. The third-order valence-electron chi connectivity index (χ3n) is 4.38. The van der Waals surface area contributed by atoms with E-state index in [1.807, 2.05) is 40.7 Å². The van der Waals surface area contributed by atoms with Gasteiger partial charge in [-0.3, -0.25) is 4.90 Å². The molecule has 0 aliphatic carbocycles. The van der Waals surface area contributed by atoms with Crippen molar-refractivity contribution in [3.8, 4) is 11.5 Å². The van der Waals surface area contributed by atoms with Crippen LogP contribution in [0, 0.1) is 5.41 Å². The standard InChI is InChI=1S/C19H32N2O3/c1-18(2,3)24-14-6-7-16(23)15(12-14)17(19(4,5)13-22)21-10-8-20-9-11-21/h6-7,12,17,20,22-23H,8-11,13H2,1-5H3/t17-/m0/s1. The van der Waals surface area contributed by atoms with Gasteiger partial charge in [-0.05, 0) is 39.0 Å². The van der Waals surface area contributed by atoms with Gasteiger partial charge in [0.2, 0.25) is 0 Å². The first-order valence-corrected chi connectivity index (χ1v) is 8.71. The first-order chi connectivity index (χ1) is 11.1. The van der Waals surface area contributed by atoms with E-state index in [1.165, 1.54) is 0 Å². The maximum Gasteiger partial charge on any atom is 0.120 e. The molecule has 0 radical (unpaired) electrons. The first-order valence-electron chi connectivity index (χ1n) is 8.71. The van der Waals surface area contributed by atoms with E-state index in [9.17, 15) is 10.2 Å². The van der Waals surface area contributed by atoms with Crippen molar-refractivity contribution in [2.24, 2.45) is 5.41 Å². The summed E-state index contributed by atoms with van der Waals surface area (Å²) in [6.07, 6.45) is 0. The normalized spacial score (nSPS) is 18.4. The minimum absolute atomic E-state index is 0.0470. The molecule has 136 valence electrons. The number of aliphatic hydroxyl groups is 1. The van der Waals surface area contributed by atoms with Crippen molar-refractivity contribution in [1.82, 2.24) is 10.2 Å². The Bertz CT molecular complexity index is 546. The lowest BCUT2D eigenvalue weighted by Gasteiger charge is -2.43. The van der Waals surface area contributed by atoms with Gasteiger partial charge in [-0.15, -0.1) is 0 Å². The second-order valence-electron chi connectivity index (χ2n) is 8.27. The van der Waals surface area contributed by atoms with Gasteiger partial charge in [-0.1, -0.05) is 13.8 Å². The highest BCUT2D eigenvalue weighted by Gasteiger charge is 2.37. The van der Waals surface area contributed by atoms with E-state index in [2.05, 4.69) is 10.2 Å². The minimum Gasteiger partial charge on any atom is -0.508 e. The summed E-state index contributed by atoms with van der Waals surface area (Å²) in [5.74, 6) is 0.991. The van der Waals surface area contributed by atoms with Crippen LogP contribution in [0.25, 0.3) is 0 Å². The fraction of sp³-hybridized carbons (Fsp3) is 0.684. The topological polar surface area (TPSA) is 65.0 Å². The molecular formula is C19H32N2O3. The van der Waals surface area contributed by atoms with Crippen LogP contribution in [-0.4, -0.2) is 53.5 Å². The number of benzene rings is 1. The van der Waals surface area contributed by atoms with Crippen LogP contribution in [-0.2, 0) is 0 Å². The number of aliphatic hydroxyl groups excluding tert-OH is 1. The molecule has 0 saturated carbocycles. The molecule has 24 heavy (non-hydrogen) atoms. The molecule has 1 aromatic rings. The molecule has 2 rings (SSSR count). The van der Waals surface area contributed by atoms with Crippen LogP contribution in [0.4, 0.5) is 0 Å². The molecule has 1 atom stereocenters. The number of hydrogen-bond acceptors (Lipinski definition) is 5. The van der Waals surface area contributed by atoms with Crippen LogP contribution < -0.4 is 10.1 Å². The molecule has 1 aliphatic heterocycles. The molecule has 0 spiro atoms. The summed E-state index contributed by atoms with van der Waals surface area (Å²) >= 11 is 0. The van der Waals surface area contributed by atoms with Crippen LogP contribution >= 0.6 is 0 Å². The van der Waals surface area contributed by atoms with Crippen LogP contribution in [0.15, 0.2) is 18.2 Å². The Morgan fingerprint density at radius 3 is 2.33 bits per heavy atom. The Balaban J connectivity index is 2.42. The summed E-state index contributed by atoms with van der Waals surface area (Å²) in [7, 11) is 0. The van der Waals surface area contributed by atoms with Crippen molar-refractivity contribution in [1.29, 1.82) is 0 Å². The predicted octanol–water partition coefficient (Wildman–Crippen LogP) is 2.53. The summed E-state index contributed by atoms with van der Waals surface area (Å²) < 4.78 is 5.98. The monoisotopic (exact) mass is 336 g/mol. The second-order valence-corrected chi connectivity index (χ2v) is 8.27. The Morgan fingerprint density at radius 2 is 1.79 bits per heavy atom. The van der Waals surface area contributed by atoms with Crippen molar-refractivity contribution in [2.75, 3.05) is 32.8 Å². The Kier molecular flexibility index (Phi) is 5.78. The van der Waals surface area contributed by atoms with Gasteiger partial charge in [0.05, 0.1) is 0 Å². The van der Waals surface area contributed by atoms with Crippen molar-refractivity contribution < 1.29 is 14.9 Å². The zero-order chi connectivity index (χ0) is 18.0. The van der Waals surface area contributed by atoms with Gasteiger partial charge in [-0.25, -0.2) is 0 Å². The first kappa shape index (κ1) is 19.0. The summed E-state index contributed by atoms with van der Waals surface area (Å²) in [6.45, 7) is 13.7. The van der Waals surface area contributed by atoms with Crippen LogP contribution in [0.1, 0.15) is 46.2 Å². The maximum atomic E-state index is 10.5. The number of hydrogen-bond donors (Lipinski definition) is 3. The van der Waals surface area contributed by atoms with Gasteiger partial charge < -0.3 is 20.3 Å². The fourth-order valence-corrected chi connectivity index (χ4v) is 3.31. The summed E-state index contributed by atoms with van der Waals surface area (Å²) in [5.41, 5.74) is 0.137. The Hall–Kier alpha value is -1.30. The average Bonchev–Trinajstić information content (AvgIpc) is 2.50. The number of phenols is 1. The predicted molar refractivity (Wildman–Crippen MR) is 96.5 cm³/mol. The molecule has 1 fully saturated rings. The molecule has 1 heterocycles. The molecule has 1 aliphatic rings. The number of piperazine rings is 1. The van der Waals surface area contributed by atoms with Gasteiger partial charge in [0.15, 0.2) is 0 Å². The number of ether oxygens (including phenoxy) is 1. The van der Waals surface area contributed by atoms with E-state index in [4.69, 9.17) is 4.74 Å². The zero-order valence-corrected chi connectivity index (χ0v) is 15.6. The van der Waals surface area contributed by atoms with Gasteiger partial charge in [0.1, 0.15) is 17.1 Å². The molecule has 5 nitrogen and oxygen atoms in total. The lowest BCUT2D eigenvalue weighted by Crippen LogP contribution is -2.49. The van der Waals surface area contributed by atoms with Crippen molar-refractivity contribution in [3.05, 3.63) is 23.8 Å². The highest BCUT2D eigenvalue weighted by Crippen LogP contribution is 2.43. The summed E-state index contributed by atoms with van der Waals surface area (Å²) in [4.78, 5) is 2.34. The van der Waals surface area contributed by atoms with E-state index in [-0.39, 0.29) is 29.4 Å². The third-order valence-corrected chi connectivity index (χ3v) is 4.38. The van der Waals surface area contributed by atoms with Gasteiger partial charge in [-0.2, -0.15) is 0 Å². The van der Waals surface area contributed by atoms with Gasteiger partial charge in [0.25, 0.3) is 0 Å². The van der Waals surface area contributed by atoms with Crippen molar-refractivity contribution in [2.45, 2.75) is 46.3 Å². The van der Waals surface area contributed by atoms with Gasteiger partial charge in [0, 0.05) is 49.8 Å². The quantitative estimate of drug-likeness (QED) is 0.771. The number of aromatic hydroxyl groups is 1. The summed E-state index contributed by atoms with van der Waals surface area (Å²) in [5, 5.41) is 23.8. The van der Waals surface area contributed by atoms with E-state index < -0.39 is 0 Å². The van der Waals surface area contributed by atoms with Crippen molar-refractivity contribution in [3.63, 3.8) is 0 Å². The highest BCUT2D eigenvalue weighted by molar-refractivity contribution is 5.42. The molecule has 1 aromatic carbocycles. The molecule has 0 bridgehead atoms. The van der Waals surface area contributed by atoms with Crippen molar-refractivity contribution >= 4 is 0 Å². The van der Waals surface area contributed by atoms with E-state index in [0.29, 0.717) is 0 Å². The summed E-state index contributed by atoms with van der Waals surface area (Å²) in [6, 6.07) is 5.34. The largest absolute Gasteiger partial charge is 0.508 e. The smallest absolute Gasteiger partial charge is 0.120 e. The lowest BCUT2D eigenvalue weighted by atomic mass is 9.79. The number of rotatable bonds is 5. The maximum absolute atomic E-state index is 10.5. The zero-order valence-electron chi connectivity index (χ0n) is 15.6. The number of nitrogens with zero attached hydrogens (tertiary/aromatic N) is 1. The lowest BCUT2D eigenvalue weighted by molar-refractivity contribution is 0.0289. The van der Waals surface area contributed by atoms with E-state index in [0.717, 1.165) is 37.5 Å². The van der Waals surface area contributed by atoms with Gasteiger partial charge >= 0.3 is 0 Å². The SMILES string of the molecule is CC(C)(C)Oc1ccc(O)c([C@H](N2CCNCC2)C(C)(C)CO)c1. The van der Waals surface area contributed by atoms with Crippen LogP contribution in [0.5, 0.6) is 11.5 Å². The molecule has 0 amide bonds.